The van der Waals surface area contributed by atoms with Crippen LogP contribution in [0.5, 0.6) is 0 Å². The molecule has 0 amide bonds. The van der Waals surface area contributed by atoms with Crippen LogP contribution in [0.15, 0.2) is 508 Å². The van der Waals surface area contributed by atoms with Crippen molar-refractivity contribution in [3.8, 4) is 95.7 Å². The highest BCUT2D eigenvalue weighted by Gasteiger charge is 2.27. The molecule has 0 unspecified atom stereocenters. The maximum Gasteiger partial charge on any atom is 0.136 e. The topological polar surface area (TPSA) is 105 Å². The van der Waals surface area contributed by atoms with Gasteiger partial charge in [-0.15, -0.1) is 11.3 Å². The van der Waals surface area contributed by atoms with Crippen LogP contribution in [-0.4, -0.2) is 43.6 Å². The molecule has 8 aromatic heterocycles. The summed E-state index contributed by atoms with van der Waals surface area (Å²) in [7, 11) is 0. The van der Waals surface area contributed by atoms with E-state index in [2.05, 4.69) is 420 Å². The molecule has 32 rings (SSSR count). The standard InChI is InChI=1S/C46H27N3O.C46H27N3S.C46H29N3/c2*1-3-11-33-28(9-1)20-25-39-43(33)44-34-12-4-2-10-29(34)21-26-40(44)49(39)32-22-17-30(18-23-32)45-46(48-38-15-7-6-14-37(38)47-45)31-19-24-36-35-13-5-8-16-41(35)50-42(36)27-31;1-2-11-30(12-3-1)31-21-23-34(24-22-31)45-46(48-40-20-9-8-19-39(40)47-45)35-15-10-16-36(29-35)49-41-27-25-32-13-4-6-17-37(32)43(41)44-38-18-7-5-14-33(38)26-28-42(44)49/h2*1-27H;1-29H. The van der Waals surface area contributed by atoms with E-state index in [1.807, 2.05) is 108 Å². The third-order valence-corrected chi connectivity index (χ3v) is 31.2. The van der Waals surface area contributed by atoms with E-state index in [1.165, 1.54) is 161 Å². The molecule has 32 aromatic rings. The number of fused-ring (bicyclic) bond motifs is 30. The van der Waals surface area contributed by atoms with Crippen LogP contribution >= 0.6 is 11.3 Å². The zero-order valence-corrected chi connectivity index (χ0v) is 81.1. The Kier molecular flexibility index (Phi) is 19.7. The number of rotatable bonds is 10. The van der Waals surface area contributed by atoms with E-state index in [9.17, 15) is 0 Å². The van der Waals surface area contributed by atoms with Crippen LogP contribution in [-0.2, 0) is 0 Å². The van der Waals surface area contributed by atoms with Crippen molar-refractivity contribution in [2.45, 2.75) is 0 Å². The van der Waals surface area contributed by atoms with Gasteiger partial charge in [-0.05, 0) is 215 Å². The number of para-hydroxylation sites is 7. The van der Waals surface area contributed by atoms with Gasteiger partial charge in [0, 0.05) is 114 Å². The lowest BCUT2D eigenvalue weighted by Gasteiger charge is -2.14. The molecule has 0 fully saturated rings. The molecule has 0 spiro atoms. The predicted octanol–water partition coefficient (Wildman–Crippen LogP) is 37.0. The minimum atomic E-state index is 0.827. The van der Waals surface area contributed by atoms with Gasteiger partial charge in [-0.1, -0.05) is 364 Å². The van der Waals surface area contributed by atoms with E-state index in [-0.39, 0.29) is 0 Å². The summed E-state index contributed by atoms with van der Waals surface area (Å²) in [6, 6.07) is 179. The van der Waals surface area contributed by atoms with Crippen LogP contribution in [0.25, 0.3) is 301 Å². The number of nitrogens with zero attached hydrogens (tertiary/aromatic N) is 9. The molecule has 8 heterocycles. The van der Waals surface area contributed by atoms with E-state index >= 15 is 0 Å². The Hall–Kier alpha value is -19.7. The summed E-state index contributed by atoms with van der Waals surface area (Å²) in [6.07, 6.45) is 0. The fraction of sp³-hybridized carbons (Fsp3) is 0. The fourth-order valence-corrected chi connectivity index (χ4v) is 24.4. The summed E-state index contributed by atoms with van der Waals surface area (Å²) in [5, 5.41) is 27.5. The van der Waals surface area contributed by atoms with E-state index in [4.69, 9.17) is 34.3 Å². The monoisotopic (exact) mass is 1910 g/mol. The number of hydrogen-bond acceptors (Lipinski definition) is 8. The number of thiophene rings is 1. The van der Waals surface area contributed by atoms with Crippen molar-refractivity contribution in [1.82, 2.24) is 43.6 Å². The Labute approximate surface area is 857 Å². The highest BCUT2D eigenvalue weighted by atomic mass is 32.1. The molecule has 0 saturated carbocycles. The lowest BCUT2D eigenvalue weighted by molar-refractivity contribution is 0.669. The third kappa shape index (κ3) is 14.1. The summed E-state index contributed by atoms with van der Waals surface area (Å²) in [5.41, 5.74) is 31.1. The number of benzene rings is 24. The van der Waals surface area contributed by atoms with Crippen LogP contribution in [0.2, 0.25) is 0 Å². The Bertz CT molecular complexity index is 10500. The van der Waals surface area contributed by atoms with Crippen molar-refractivity contribution in [1.29, 1.82) is 0 Å². The third-order valence-electron chi connectivity index (χ3n) is 30.1. The molecule has 692 valence electrons. The molecule has 0 atom stereocenters. The average Bonchev–Trinajstić information content (AvgIpc) is 1.56. The minimum Gasteiger partial charge on any atom is -0.456 e. The van der Waals surface area contributed by atoms with Crippen molar-refractivity contribution >= 4 is 217 Å². The molecule has 0 aliphatic heterocycles. The van der Waals surface area contributed by atoms with Crippen molar-refractivity contribution in [3.05, 3.63) is 504 Å². The largest absolute Gasteiger partial charge is 0.456 e. The van der Waals surface area contributed by atoms with Crippen molar-refractivity contribution in [3.63, 3.8) is 0 Å². The smallest absolute Gasteiger partial charge is 0.136 e. The van der Waals surface area contributed by atoms with Gasteiger partial charge in [-0.3, -0.25) is 0 Å². The first kappa shape index (κ1) is 84.9. The molecule has 0 N–H and O–H groups in total. The second-order valence-corrected chi connectivity index (χ2v) is 39.6. The van der Waals surface area contributed by atoms with Crippen LogP contribution in [0.4, 0.5) is 0 Å². The van der Waals surface area contributed by atoms with E-state index in [1.54, 1.807) is 0 Å². The first-order valence-electron chi connectivity index (χ1n) is 50.5. The molecule has 0 bridgehead atoms. The molecular weight excluding hydrogens is 1830 g/mol. The SMILES string of the molecule is c1ccc(-c2ccc(-c3nc4ccccc4nc3-c3cccc(-n4c5ccc6ccccc6c5c5c6ccccc6ccc54)c3)cc2)cc1.c1ccc2c(c1)ccc1c2c2c3ccccc3ccc2n1-c1ccc(-c2nc3ccccc3nc2-c2ccc3c(c2)oc2ccccc23)cc1.c1ccc2c(c1)ccc1c2c2c3ccccc3ccc2n1-c1ccc(-c2nc3ccccc3nc2-c2ccc3c(c2)sc2ccccc23)cc1. The molecule has 24 aromatic carbocycles. The van der Waals surface area contributed by atoms with Gasteiger partial charge in [-0.25, -0.2) is 29.9 Å². The van der Waals surface area contributed by atoms with E-state index in [0.717, 1.165) is 140 Å². The zero-order valence-electron chi connectivity index (χ0n) is 80.3. The normalized spacial score (nSPS) is 11.9. The Balaban J connectivity index is 0.000000103. The first-order valence-corrected chi connectivity index (χ1v) is 51.3. The Morgan fingerprint density at radius 2 is 0.416 bits per heavy atom. The maximum absolute atomic E-state index is 6.28. The first-order chi connectivity index (χ1) is 73.9. The molecule has 149 heavy (non-hydrogen) atoms. The summed E-state index contributed by atoms with van der Waals surface area (Å²) >= 11 is 1.83. The van der Waals surface area contributed by atoms with Crippen molar-refractivity contribution in [2.75, 3.05) is 0 Å². The summed E-state index contributed by atoms with van der Waals surface area (Å²) in [5.74, 6) is 0. The van der Waals surface area contributed by atoms with Gasteiger partial charge < -0.3 is 18.1 Å². The van der Waals surface area contributed by atoms with Gasteiger partial charge in [-0.2, -0.15) is 0 Å². The molecule has 0 aliphatic carbocycles. The van der Waals surface area contributed by atoms with Crippen molar-refractivity contribution in [2.24, 2.45) is 0 Å². The zero-order chi connectivity index (χ0) is 97.8. The van der Waals surface area contributed by atoms with Gasteiger partial charge >= 0.3 is 0 Å². The molecule has 0 aliphatic rings. The van der Waals surface area contributed by atoms with Gasteiger partial charge in [0.25, 0.3) is 0 Å². The predicted molar refractivity (Wildman–Crippen MR) is 625 cm³/mol. The quantitative estimate of drug-likeness (QED) is 0.134. The summed E-state index contributed by atoms with van der Waals surface area (Å²) in [6.45, 7) is 0. The molecule has 0 saturated heterocycles. The van der Waals surface area contributed by atoms with Crippen LogP contribution in [0, 0.1) is 0 Å². The summed E-state index contributed by atoms with van der Waals surface area (Å²) < 4.78 is 16.1. The van der Waals surface area contributed by atoms with Crippen LogP contribution < -0.4 is 0 Å². The van der Waals surface area contributed by atoms with E-state index in [0.29, 0.717) is 0 Å². The Morgan fingerprint density at radius 3 is 0.805 bits per heavy atom. The number of hydrogen-bond donors (Lipinski definition) is 0. The number of furan rings is 1. The molecule has 10 nitrogen and oxygen atoms in total. The lowest BCUT2D eigenvalue weighted by Crippen LogP contribution is -1.98. The highest BCUT2D eigenvalue weighted by Crippen LogP contribution is 2.49. The second kappa shape index (κ2) is 34.5. The maximum atomic E-state index is 6.28. The lowest BCUT2D eigenvalue weighted by atomic mass is 9.99. The highest BCUT2D eigenvalue weighted by molar-refractivity contribution is 7.25. The van der Waals surface area contributed by atoms with Gasteiger partial charge in [0.05, 0.1) is 100 Å². The van der Waals surface area contributed by atoms with E-state index < -0.39 is 0 Å². The van der Waals surface area contributed by atoms with Crippen LogP contribution in [0.1, 0.15) is 0 Å². The summed E-state index contributed by atoms with van der Waals surface area (Å²) in [4.78, 5) is 31.3. The van der Waals surface area contributed by atoms with Crippen molar-refractivity contribution < 1.29 is 4.42 Å². The molecular formula is C138H83N9OS. The second-order valence-electron chi connectivity index (χ2n) is 38.5. The van der Waals surface area contributed by atoms with Crippen LogP contribution in [0.3, 0.4) is 0 Å². The van der Waals surface area contributed by atoms with Gasteiger partial charge in [0.15, 0.2) is 0 Å². The fourth-order valence-electron chi connectivity index (χ4n) is 23.2. The Morgan fingerprint density at radius 1 is 0.154 bits per heavy atom. The minimum absolute atomic E-state index is 0.827. The molecule has 11 heteroatoms. The van der Waals surface area contributed by atoms with Gasteiger partial charge in [0.1, 0.15) is 11.2 Å². The van der Waals surface area contributed by atoms with Gasteiger partial charge in [0.2, 0.25) is 0 Å². The average molecular weight is 1920 g/mol. The number of aromatic nitrogens is 9. The molecule has 0 radical (unpaired) electrons.